The van der Waals surface area contributed by atoms with Crippen molar-refractivity contribution in [3.63, 3.8) is 0 Å². The molecule has 0 saturated carbocycles. The number of aryl methyl sites for hydroxylation is 1. The highest BCUT2D eigenvalue weighted by atomic mass is 16.5. The van der Waals surface area contributed by atoms with Gasteiger partial charge in [-0.1, -0.05) is 0 Å². The van der Waals surface area contributed by atoms with E-state index in [1.165, 1.54) is 12.8 Å². The average Bonchev–Trinajstić information content (AvgIpc) is 3.07. The maximum Gasteiger partial charge on any atom is 0.323 e. The van der Waals surface area contributed by atoms with Crippen LogP contribution in [0.3, 0.4) is 0 Å². The molecule has 6 heteroatoms. The summed E-state index contributed by atoms with van der Waals surface area (Å²) >= 11 is 0. The molecule has 110 valence electrons. The van der Waals surface area contributed by atoms with Crippen LogP contribution < -0.4 is 0 Å². The third kappa shape index (κ3) is 2.57. The molecule has 0 bridgehead atoms. The number of hydrogen-bond donors (Lipinski definition) is 0. The maximum atomic E-state index is 12.0. The molecule has 0 N–H and O–H groups in total. The molecule has 0 spiro atoms. The zero-order chi connectivity index (χ0) is 13.9. The van der Waals surface area contributed by atoms with Gasteiger partial charge in [0.15, 0.2) is 0 Å². The molecule has 1 saturated heterocycles. The Morgan fingerprint density at radius 3 is 3.05 bits per heavy atom. The minimum absolute atomic E-state index is 0.0941. The van der Waals surface area contributed by atoms with Gasteiger partial charge in [0.05, 0.1) is 13.2 Å². The standard InChI is InChI=1S/C14H22N4O2/c1-2-20-14(19)11-6-5-8-17(11)10-13-16-15-12-7-3-4-9-18(12)13/h11H,2-10H2,1H3. The molecule has 0 aliphatic carbocycles. The molecule has 1 fully saturated rings. The van der Waals surface area contributed by atoms with E-state index in [0.29, 0.717) is 13.2 Å². The smallest absolute Gasteiger partial charge is 0.323 e. The van der Waals surface area contributed by atoms with Crippen molar-refractivity contribution in [1.82, 2.24) is 19.7 Å². The number of carbonyl (C=O) groups is 1. The highest BCUT2D eigenvalue weighted by molar-refractivity contribution is 5.76. The second-order valence-corrected chi connectivity index (χ2v) is 5.52. The van der Waals surface area contributed by atoms with Crippen LogP contribution in [0.1, 0.15) is 44.3 Å². The summed E-state index contributed by atoms with van der Waals surface area (Å²) in [6, 6.07) is -0.105. The molecule has 1 unspecified atom stereocenters. The summed E-state index contributed by atoms with van der Waals surface area (Å²) in [6.45, 7) is 4.95. The molecule has 1 aromatic rings. The topological polar surface area (TPSA) is 60.2 Å². The van der Waals surface area contributed by atoms with Gasteiger partial charge in [0.25, 0.3) is 0 Å². The SMILES string of the molecule is CCOC(=O)C1CCCN1Cc1nnc2n1CCCC2. The number of ether oxygens (including phenoxy) is 1. The molecule has 3 heterocycles. The molecule has 1 atom stereocenters. The summed E-state index contributed by atoms with van der Waals surface area (Å²) < 4.78 is 7.39. The van der Waals surface area contributed by atoms with E-state index < -0.39 is 0 Å². The minimum Gasteiger partial charge on any atom is -0.465 e. The Kier molecular flexibility index (Phi) is 4.00. The van der Waals surface area contributed by atoms with Crippen LogP contribution >= 0.6 is 0 Å². The Hall–Kier alpha value is -1.43. The van der Waals surface area contributed by atoms with Gasteiger partial charge in [0.1, 0.15) is 17.7 Å². The molecule has 3 rings (SSSR count). The van der Waals surface area contributed by atoms with Crippen LogP contribution in [0.2, 0.25) is 0 Å². The van der Waals surface area contributed by atoms with Gasteiger partial charge in [0, 0.05) is 13.0 Å². The van der Waals surface area contributed by atoms with Crippen LogP contribution in [0, 0.1) is 0 Å². The zero-order valence-electron chi connectivity index (χ0n) is 12.0. The second-order valence-electron chi connectivity index (χ2n) is 5.52. The lowest BCUT2D eigenvalue weighted by molar-refractivity contribution is -0.148. The van der Waals surface area contributed by atoms with Crippen LogP contribution in [0.4, 0.5) is 0 Å². The first kappa shape index (κ1) is 13.5. The van der Waals surface area contributed by atoms with E-state index in [0.717, 1.165) is 44.0 Å². The van der Waals surface area contributed by atoms with Crippen molar-refractivity contribution in [2.75, 3.05) is 13.2 Å². The quantitative estimate of drug-likeness (QED) is 0.773. The molecule has 6 nitrogen and oxygen atoms in total. The number of rotatable bonds is 4. The van der Waals surface area contributed by atoms with Crippen LogP contribution in [-0.2, 0) is 29.0 Å². The summed E-state index contributed by atoms with van der Waals surface area (Å²) in [4.78, 5) is 14.2. The van der Waals surface area contributed by atoms with Crippen molar-refractivity contribution in [3.05, 3.63) is 11.6 Å². The maximum absolute atomic E-state index is 12.0. The van der Waals surface area contributed by atoms with Crippen molar-refractivity contribution in [2.45, 2.75) is 58.2 Å². The highest BCUT2D eigenvalue weighted by Gasteiger charge is 2.33. The fourth-order valence-corrected chi connectivity index (χ4v) is 3.19. The monoisotopic (exact) mass is 278 g/mol. The number of aromatic nitrogens is 3. The first-order valence-corrected chi connectivity index (χ1v) is 7.61. The minimum atomic E-state index is -0.105. The predicted octanol–water partition coefficient (Wildman–Crippen LogP) is 1.14. The van der Waals surface area contributed by atoms with Gasteiger partial charge < -0.3 is 9.30 Å². The summed E-state index contributed by atoms with van der Waals surface area (Å²) in [7, 11) is 0. The first-order valence-electron chi connectivity index (χ1n) is 7.61. The number of hydrogen-bond acceptors (Lipinski definition) is 5. The summed E-state index contributed by atoms with van der Waals surface area (Å²) in [6.07, 6.45) is 5.35. The van der Waals surface area contributed by atoms with E-state index in [9.17, 15) is 4.79 Å². The number of fused-ring (bicyclic) bond motifs is 1. The van der Waals surface area contributed by atoms with E-state index in [-0.39, 0.29) is 12.0 Å². The molecule has 2 aliphatic rings. The largest absolute Gasteiger partial charge is 0.465 e. The van der Waals surface area contributed by atoms with Gasteiger partial charge in [-0.2, -0.15) is 0 Å². The molecule has 20 heavy (non-hydrogen) atoms. The molecule has 0 aromatic carbocycles. The molecule has 0 amide bonds. The van der Waals surface area contributed by atoms with E-state index in [1.807, 2.05) is 6.92 Å². The van der Waals surface area contributed by atoms with Gasteiger partial charge >= 0.3 is 5.97 Å². The van der Waals surface area contributed by atoms with Crippen molar-refractivity contribution in [2.24, 2.45) is 0 Å². The summed E-state index contributed by atoms with van der Waals surface area (Å²) in [5.74, 6) is 2.00. The molecular weight excluding hydrogens is 256 g/mol. The molecular formula is C14H22N4O2. The lowest BCUT2D eigenvalue weighted by atomic mass is 10.1. The third-order valence-corrected chi connectivity index (χ3v) is 4.20. The van der Waals surface area contributed by atoms with E-state index >= 15 is 0 Å². The average molecular weight is 278 g/mol. The first-order chi connectivity index (χ1) is 9.79. The van der Waals surface area contributed by atoms with Crippen molar-refractivity contribution >= 4 is 5.97 Å². The zero-order valence-corrected chi connectivity index (χ0v) is 12.0. The van der Waals surface area contributed by atoms with E-state index in [2.05, 4.69) is 19.7 Å². The Morgan fingerprint density at radius 2 is 2.20 bits per heavy atom. The Morgan fingerprint density at radius 1 is 1.30 bits per heavy atom. The number of carbonyl (C=O) groups excluding carboxylic acids is 1. The number of esters is 1. The third-order valence-electron chi connectivity index (χ3n) is 4.20. The molecule has 0 radical (unpaired) electrons. The van der Waals surface area contributed by atoms with Crippen LogP contribution in [0.15, 0.2) is 0 Å². The summed E-state index contributed by atoms with van der Waals surface area (Å²) in [5.41, 5.74) is 0. The van der Waals surface area contributed by atoms with Gasteiger partial charge in [-0.05, 0) is 39.2 Å². The van der Waals surface area contributed by atoms with Gasteiger partial charge in [-0.3, -0.25) is 9.69 Å². The predicted molar refractivity (Wildman–Crippen MR) is 73.0 cm³/mol. The number of nitrogens with zero attached hydrogens (tertiary/aromatic N) is 4. The van der Waals surface area contributed by atoms with Gasteiger partial charge in [-0.25, -0.2) is 0 Å². The van der Waals surface area contributed by atoms with Gasteiger partial charge in [0.2, 0.25) is 0 Å². The lowest BCUT2D eigenvalue weighted by Gasteiger charge is -2.23. The number of likely N-dealkylation sites (tertiary alicyclic amines) is 1. The summed E-state index contributed by atoms with van der Waals surface area (Å²) in [5, 5.41) is 8.60. The van der Waals surface area contributed by atoms with Crippen LogP contribution in [0.5, 0.6) is 0 Å². The lowest BCUT2D eigenvalue weighted by Crippen LogP contribution is -2.37. The van der Waals surface area contributed by atoms with Crippen molar-refractivity contribution in [1.29, 1.82) is 0 Å². The highest BCUT2D eigenvalue weighted by Crippen LogP contribution is 2.22. The van der Waals surface area contributed by atoms with E-state index in [1.54, 1.807) is 0 Å². The normalized spacial score (nSPS) is 22.8. The van der Waals surface area contributed by atoms with Crippen molar-refractivity contribution in [3.8, 4) is 0 Å². The molecule has 1 aromatic heterocycles. The van der Waals surface area contributed by atoms with Crippen molar-refractivity contribution < 1.29 is 9.53 Å². The van der Waals surface area contributed by atoms with E-state index in [4.69, 9.17) is 4.74 Å². The van der Waals surface area contributed by atoms with Crippen LogP contribution in [-0.4, -0.2) is 44.8 Å². The van der Waals surface area contributed by atoms with Crippen LogP contribution in [0.25, 0.3) is 0 Å². The van der Waals surface area contributed by atoms with Gasteiger partial charge in [-0.15, -0.1) is 10.2 Å². The Balaban J connectivity index is 1.70. The fraction of sp³-hybridized carbons (Fsp3) is 0.786. The Labute approximate surface area is 119 Å². The second kappa shape index (κ2) is 5.91. The fourth-order valence-electron chi connectivity index (χ4n) is 3.19. The molecule has 2 aliphatic heterocycles. The Bertz CT molecular complexity index is 486.